The molecular formula is C14H21BrN4. The normalized spacial score (nSPS) is 26.0. The zero-order valence-electron chi connectivity index (χ0n) is 11.1. The lowest BCUT2D eigenvalue weighted by atomic mass is 10.0. The highest BCUT2D eigenvalue weighted by Crippen LogP contribution is 2.28. The Labute approximate surface area is 123 Å². The molecule has 104 valence electrons. The highest BCUT2D eigenvalue weighted by Gasteiger charge is 2.30. The van der Waals surface area contributed by atoms with E-state index < -0.39 is 0 Å². The third-order valence-corrected chi connectivity index (χ3v) is 4.91. The minimum Gasteiger partial charge on any atom is -0.354 e. The van der Waals surface area contributed by atoms with E-state index >= 15 is 0 Å². The molecule has 0 saturated carbocycles. The van der Waals surface area contributed by atoms with Crippen LogP contribution in [0.1, 0.15) is 19.3 Å². The standard InChI is InChI=1S/C14H21BrN4/c15-13-2-1-6-17-14(13)19-9-5-12(10-19)18-7-3-11(16)4-8-18/h1-2,6,11-12H,3-5,7-10,16H2. The second kappa shape index (κ2) is 5.77. The van der Waals surface area contributed by atoms with Crippen molar-refractivity contribution in [2.45, 2.75) is 31.3 Å². The van der Waals surface area contributed by atoms with Crippen molar-refractivity contribution >= 4 is 21.7 Å². The molecule has 1 unspecified atom stereocenters. The van der Waals surface area contributed by atoms with Crippen molar-refractivity contribution in [3.05, 3.63) is 22.8 Å². The van der Waals surface area contributed by atoms with Gasteiger partial charge in [-0.05, 0) is 60.4 Å². The fourth-order valence-electron chi connectivity index (χ4n) is 3.13. The monoisotopic (exact) mass is 324 g/mol. The summed E-state index contributed by atoms with van der Waals surface area (Å²) in [5, 5.41) is 0. The van der Waals surface area contributed by atoms with E-state index in [0.717, 1.165) is 49.3 Å². The third-order valence-electron chi connectivity index (χ3n) is 4.29. The first-order valence-corrected chi connectivity index (χ1v) is 7.88. The maximum Gasteiger partial charge on any atom is 0.142 e. The molecule has 5 heteroatoms. The first-order valence-electron chi connectivity index (χ1n) is 7.09. The van der Waals surface area contributed by atoms with Gasteiger partial charge in [-0.2, -0.15) is 0 Å². The molecule has 0 bridgehead atoms. The largest absolute Gasteiger partial charge is 0.354 e. The van der Waals surface area contributed by atoms with Crippen molar-refractivity contribution in [3.8, 4) is 0 Å². The number of rotatable bonds is 2. The van der Waals surface area contributed by atoms with Crippen molar-refractivity contribution in [3.63, 3.8) is 0 Å². The predicted molar refractivity (Wildman–Crippen MR) is 81.3 cm³/mol. The number of nitrogens with two attached hydrogens (primary N) is 1. The Balaban J connectivity index is 1.63. The van der Waals surface area contributed by atoms with Gasteiger partial charge in [-0.25, -0.2) is 4.98 Å². The fraction of sp³-hybridized carbons (Fsp3) is 0.643. The Morgan fingerprint density at radius 3 is 2.74 bits per heavy atom. The Morgan fingerprint density at radius 1 is 1.21 bits per heavy atom. The number of likely N-dealkylation sites (tertiary alicyclic amines) is 1. The highest BCUT2D eigenvalue weighted by atomic mass is 79.9. The second-order valence-corrected chi connectivity index (χ2v) is 6.43. The first kappa shape index (κ1) is 13.3. The Hall–Kier alpha value is -0.650. The fourth-order valence-corrected chi connectivity index (χ4v) is 3.63. The minimum absolute atomic E-state index is 0.415. The number of halogens is 1. The molecule has 0 spiro atoms. The van der Waals surface area contributed by atoms with E-state index in [1.165, 1.54) is 6.42 Å². The molecule has 0 radical (unpaired) electrons. The first-order chi connectivity index (χ1) is 9.24. The molecule has 2 aliphatic heterocycles. The maximum absolute atomic E-state index is 5.98. The Morgan fingerprint density at radius 2 is 2.00 bits per heavy atom. The van der Waals surface area contributed by atoms with Gasteiger partial charge >= 0.3 is 0 Å². The summed E-state index contributed by atoms with van der Waals surface area (Å²) in [7, 11) is 0. The van der Waals surface area contributed by atoms with Crippen LogP contribution in [0, 0.1) is 0 Å². The number of pyridine rings is 1. The molecule has 3 rings (SSSR count). The van der Waals surface area contributed by atoms with Gasteiger partial charge in [-0.15, -0.1) is 0 Å². The van der Waals surface area contributed by atoms with Crippen molar-refractivity contribution in [2.24, 2.45) is 5.73 Å². The van der Waals surface area contributed by atoms with E-state index in [9.17, 15) is 0 Å². The molecule has 2 fully saturated rings. The number of anilines is 1. The van der Waals surface area contributed by atoms with Crippen LogP contribution in [0.25, 0.3) is 0 Å². The quantitative estimate of drug-likeness (QED) is 0.901. The summed E-state index contributed by atoms with van der Waals surface area (Å²) in [5.74, 6) is 1.08. The van der Waals surface area contributed by atoms with E-state index in [0.29, 0.717) is 12.1 Å². The topological polar surface area (TPSA) is 45.4 Å². The van der Waals surface area contributed by atoms with Crippen LogP contribution in [0.3, 0.4) is 0 Å². The van der Waals surface area contributed by atoms with Gasteiger partial charge in [0.15, 0.2) is 0 Å². The summed E-state index contributed by atoms with van der Waals surface area (Å²) in [6, 6.07) is 5.11. The van der Waals surface area contributed by atoms with Crippen molar-refractivity contribution in [2.75, 3.05) is 31.1 Å². The molecule has 1 aromatic rings. The van der Waals surface area contributed by atoms with Crippen LogP contribution < -0.4 is 10.6 Å². The summed E-state index contributed by atoms with van der Waals surface area (Å²) >= 11 is 3.60. The molecule has 1 aromatic heterocycles. The Kier molecular flexibility index (Phi) is 4.05. The lowest BCUT2D eigenvalue weighted by Gasteiger charge is -2.34. The maximum atomic E-state index is 5.98. The van der Waals surface area contributed by atoms with Crippen LogP contribution in [0.5, 0.6) is 0 Å². The van der Waals surface area contributed by atoms with Crippen LogP contribution in [-0.2, 0) is 0 Å². The van der Waals surface area contributed by atoms with Gasteiger partial charge in [0.05, 0.1) is 4.47 Å². The van der Waals surface area contributed by atoms with Crippen molar-refractivity contribution in [1.29, 1.82) is 0 Å². The third kappa shape index (κ3) is 2.93. The number of piperidine rings is 1. The molecular weight excluding hydrogens is 304 g/mol. The van der Waals surface area contributed by atoms with E-state index in [1.54, 1.807) is 0 Å². The second-order valence-electron chi connectivity index (χ2n) is 5.57. The summed E-state index contributed by atoms with van der Waals surface area (Å²) in [4.78, 5) is 9.50. The van der Waals surface area contributed by atoms with Gasteiger partial charge in [0.2, 0.25) is 0 Å². The number of aromatic nitrogens is 1. The average Bonchev–Trinajstić information content (AvgIpc) is 2.89. The smallest absolute Gasteiger partial charge is 0.142 e. The number of hydrogen-bond donors (Lipinski definition) is 1. The zero-order valence-corrected chi connectivity index (χ0v) is 12.7. The molecule has 2 aliphatic rings. The van der Waals surface area contributed by atoms with Crippen molar-refractivity contribution < 1.29 is 0 Å². The molecule has 1 atom stereocenters. The van der Waals surface area contributed by atoms with Crippen molar-refractivity contribution in [1.82, 2.24) is 9.88 Å². The van der Waals surface area contributed by atoms with Gasteiger partial charge < -0.3 is 10.6 Å². The summed E-state index contributed by atoms with van der Waals surface area (Å²) in [6.45, 7) is 4.50. The molecule has 4 nitrogen and oxygen atoms in total. The summed E-state index contributed by atoms with van der Waals surface area (Å²) in [6.07, 6.45) is 5.39. The number of nitrogens with zero attached hydrogens (tertiary/aromatic N) is 3. The van der Waals surface area contributed by atoms with Crippen LogP contribution in [0.2, 0.25) is 0 Å². The summed E-state index contributed by atoms with van der Waals surface area (Å²) in [5.41, 5.74) is 5.98. The van der Waals surface area contributed by atoms with Crippen LogP contribution in [0.15, 0.2) is 22.8 Å². The van der Waals surface area contributed by atoms with Crippen LogP contribution in [-0.4, -0.2) is 48.1 Å². The van der Waals surface area contributed by atoms with Gasteiger partial charge in [-0.3, -0.25) is 4.90 Å². The molecule has 2 saturated heterocycles. The minimum atomic E-state index is 0.415. The van der Waals surface area contributed by atoms with E-state index in [4.69, 9.17) is 5.73 Å². The SMILES string of the molecule is NC1CCN(C2CCN(c3ncccc3Br)C2)CC1. The lowest BCUT2D eigenvalue weighted by Crippen LogP contribution is -2.46. The van der Waals surface area contributed by atoms with Crippen LogP contribution in [0.4, 0.5) is 5.82 Å². The molecule has 0 amide bonds. The van der Waals surface area contributed by atoms with Crippen LogP contribution >= 0.6 is 15.9 Å². The van der Waals surface area contributed by atoms with Gasteiger partial charge in [0.1, 0.15) is 5.82 Å². The van der Waals surface area contributed by atoms with Gasteiger partial charge in [-0.1, -0.05) is 0 Å². The number of hydrogen-bond acceptors (Lipinski definition) is 4. The Bertz CT molecular complexity index is 431. The molecule has 0 aliphatic carbocycles. The zero-order chi connectivity index (χ0) is 13.2. The predicted octanol–water partition coefficient (Wildman–Crippen LogP) is 1.85. The molecule has 2 N–H and O–H groups in total. The van der Waals surface area contributed by atoms with E-state index in [-0.39, 0.29) is 0 Å². The van der Waals surface area contributed by atoms with Gasteiger partial charge in [0.25, 0.3) is 0 Å². The van der Waals surface area contributed by atoms with Gasteiger partial charge in [0, 0.05) is 31.4 Å². The summed E-state index contributed by atoms with van der Waals surface area (Å²) < 4.78 is 1.09. The molecule has 0 aromatic carbocycles. The van der Waals surface area contributed by atoms with E-state index in [1.807, 2.05) is 12.3 Å². The molecule has 19 heavy (non-hydrogen) atoms. The average molecular weight is 325 g/mol. The highest BCUT2D eigenvalue weighted by molar-refractivity contribution is 9.10. The molecule has 3 heterocycles. The lowest BCUT2D eigenvalue weighted by molar-refractivity contribution is 0.163. The van der Waals surface area contributed by atoms with E-state index in [2.05, 4.69) is 36.8 Å².